The van der Waals surface area contributed by atoms with Crippen molar-refractivity contribution in [3.05, 3.63) is 53.1 Å². The van der Waals surface area contributed by atoms with E-state index in [2.05, 4.69) is 21.1 Å². The fourth-order valence-electron chi connectivity index (χ4n) is 3.45. The van der Waals surface area contributed by atoms with Crippen LogP contribution in [0.3, 0.4) is 0 Å². The molecule has 2 aromatic carbocycles. The molecule has 1 aliphatic rings. The van der Waals surface area contributed by atoms with Crippen LogP contribution < -0.4 is 20.5 Å². The number of rotatable bonds is 7. The number of alkyl halides is 2. The largest absolute Gasteiger partial charge is 0.493 e. The molecular weight excluding hydrogens is 491 g/mol. The number of anilines is 1. The minimum Gasteiger partial charge on any atom is -0.493 e. The second-order valence-corrected chi connectivity index (χ2v) is 6.66. The van der Waals surface area contributed by atoms with Crippen LogP contribution in [0.15, 0.2) is 41.4 Å². The molecular formula is C21H26F2IN3O2. The average Bonchev–Trinajstić information content (AvgIpc) is 2.68. The summed E-state index contributed by atoms with van der Waals surface area (Å²) in [6.45, 7) is -2.48. The van der Waals surface area contributed by atoms with E-state index in [9.17, 15) is 8.78 Å². The standard InChI is InChI=1S/C21H25F2N3O2.HI/c1-27-18-10-9-14(13-19(18)28-20(22)23)11-12-25-21(24)26-17-8-4-6-15-5-2-3-7-16(15)17;/h4,6,8-10,13,20H,2-3,5,7,11-12H2,1H3,(H3,24,25,26);1H. The van der Waals surface area contributed by atoms with Crippen molar-refractivity contribution in [1.82, 2.24) is 0 Å². The topological polar surface area (TPSA) is 68.9 Å². The van der Waals surface area contributed by atoms with E-state index in [1.807, 2.05) is 12.1 Å². The number of guanidine groups is 1. The number of nitrogens with one attached hydrogen (secondary N) is 1. The van der Waals surface area contributed by atoms with Gasteiger partial charge in [0, 0.05) is 12.2 Å². The molecule has 0 saturated heterocycles. The summed E-state index contributed by atoms with van der Waals surface area (Å²) in [5.41, 5.74) is 10.5. The van der Waals surface area contributed by atoms with Crippen LogP contribution in [-0.4, -0.2) is 26.2 Å². The molecule has 29 heavy (non-hydrogen) atoms. The summed E-state index contributed by atoms with van der Waals surface area (Å²) in [6, 6.07) is 11.2. The van der Waals surface area contributed by atoms with Gasteiger partial charge in [0.05, 0.1) is 7.11 Å². The summed E-state index contributed by atoms with van der Waals surface area (Å²) < 4.78 is 34.6. The summed E-state index contributed by atoms with van der Waals surface area (Å²) in [4.78, 5) is 4.36. The number of methoxy groups -OCH3 is 1. The smallest absolute Gasteiger partial charge is 0.387 e. The van der Waals surface area contributed by atoms with E-state index in [0.717, 1.165) is 24.1 Å². The predicted octanol–water partition coefficient (Wildman–Crippen LogP) is 4.76. The Labute approximate surface area is 186 Å². The number of nitrogens with two attached hydrogens (primary N) is 1. The quantitative estimate of drug-likeness (QED) is 0.316. The van der Waals surface area contributed by atoms with E-state index < -0.39 is 6.61 Å². The van der Waals surface area contributed by atoms with Crippen molar-refractivity contribution in [3.63, 3.8) is 0 Å². The molecule has 0 fully saturated rings. The van der Waals surface area contributed by atoms with Gasteiger partial charge in [-0.25, -0.2) is 0 Å². The Morgan fingerprint density at radius 1 is 1.17 bits per heavy atom. The van der Waals surface area contributed by atoms with Gasteiger partial charge in [0.1, 0.15) is 0 Å². The number of halogens is 3. The number of nitrogens with zero attached hydrogens (tertiary/aromatic N) is 1. The highest BCUT2D eigenvalue weighted by atomic mass is 127. The van der Waals surface area contributed by atoms with Gasteiger partial charge in [0.2, 0.25) is 0 Å². The molecule has 0 amide bonds. The summed E-state index contributed by atoms with van der Waals surface area (Å²) >= 11 is 0. The van der Waals surface area contributed by atoms with Crippen LogP contribution in [0.4, 0.5) is 14.5 Å². The highest BCUT2D eigenvalue weighted by Crippen LogP contribution is 2.30. The zero-order chi connectivity index (χ0) is 19.9. The number of ether oxygens (including phenoxy) is 2. The molecule has 0 atom stereocenters. The lowest BCUT2D eigenvalue weighted by Crippen LogP contribution is -2.24. The maximum atomic E-state index is 12.5. The third-order valence-electron chi connectivity index (χ3n) is 4.79. The lowest BCUT2D eigenvalue weighted by molar-refractivity contribution is -0.0512. The van der Waals surface area contributed by atoms with Crippen LogP contribution in [0.2, 0.25) is 0 Å². The van der Waals surface area contributed by atoms with Gasteiger partial charge in [-0.05, 0) is 67.0 Å². The first-order chi connectivity index (χ1) is 13.6. The van der Waals surface area contributed by atoms with Crippen molar-refractivity contribution >= 4 is 35.6 Å². The van der Waals surface area contributed by atoms with Gasteiger partial charge < -0.3 is 20.5 Å². The number of fused-ring (bicyclic) bond motifs is 1. The normalized spacial score (nSPS) is 13.4. The average molecular weight is 517 g/mol. The Morgan fingerprint density at radius 2 is 1.97 bits per heavy atom. The van der Waals surface area contributed by atoms with Crippen molar-refractivity contribution in [2.75, 3.05) is 19.0 Å². The SMILES string of the molecule is COc1ccc(CCN=C(N)Nc2cccc3c2CCCC3)cc1OC(F)F.I. The van der Waals surface area contributed by atoms with Crippen LogP contribution >= 0.6 is 24.0 Å². The fourth-order valence-corrected chi connectivity index (χ4v) is 3.45. The van der Waals surface area contributed by atoms with E-state index >= 15 is 0 Å². The minimum atomic E-state index is -2.90. The van der Waals surface area contributed by atoms with E-state index in [1.165, 1.54) is 37.1 Å². The molecule has 0 bridgehead atoms. The fraction of sp³-hybridized carbons (Fsp3) is 0.381. The van der Waals surface area contributed by atoms with E-state index in [0.29, 0.717) is 18.9 Å². The highest BCUT2D eigenvalue weighted by molar-refractivity contribution is 14.0. The number of aryl methyl sites for hydroxylation is 1. The lowest BCUT2D eigenvalue weighted by atomic mass is 9.90. The molecule has 5 nitrogen and oxygen atoms in total. The van der Waals surface area contributed by atoms with Crippen LogP contribution in [0.25, 0.3) is 0 Å². The second-order valence-electron chi connectivity index (χ2n) is 6.66. The first-order valence-corrected chi connectivity index (χ1v) is 9.36. The molecule has 3 N–H and O–H groups in total. The van der Waals surface area contributed by atoms with Gasteiger partial charge in [-0.15, -0.1) is 24.0 Å². The molecule has 0 aliphatic heterocycles. The molecule has 0 radical (unpaired) electrons. The molecule has 0 unspecified atom stereocenters. The van der Waals surface area contributed by atoms with E-state index in [-0.39, 0.29) is 35.5 Å². The molecule has 0 heterocycles. The Morgan fingerprint density at radius 3 is 2.72 bits per heavy atom. The van der Waals surface area contributed by atoms with Crippen molar-refractivity contribution in [2.24, 2.45) is 10.7 Å². The Hall–Kier alpha value is -2.10. The van der Waals surface area contributed by atoms with Crippen molar-refractivity contribution in [3.8, 4) is 11.5 Å². The third kappa shape index (κ3) is 6.45. The zero-order valence-corrected chi connectivity index (χ0v) is 18.6. The van der Waals surface area contributed by atoms with Crippen LogP contribution in [0.1, 0.15) is 29.5 Å². The first kappa shape index (κ1) is 23.2. The monoisotopic (exact) mass is 517 g/mol. The molecule has 8 heteroatoms. The minimum absolute atomic E-state index is 0. The third-order valence-corrected chi connectivity index (χ3v) is 4.79. The Balaban J connectivity index is 0.00000300. The van der Waals surface area contributed by atoms with Gasteiger partial charge in [0.25, 0.3) is 0 Å². The molecule has 2 aromatic rings. The molecule has 158 valence electrons. The van der Waals surface area contributed by atoms with Gasteiger partial charge in [-0.2, -0.15) is 8.78 Å². The van der Waals surface area contributed by atoms with Gasteiger partial charge in [-0.1, -0.05) is 18.2 Å². The van der Waals surface area contributed by atoms with Gasteiger partial charge >= 0.3 is 6.61 Å². The van der Waals surface area contributed by atoms with Crippen LogP contribution in [-0.2, 0) is 19.3 Å². The van der Waals surface area contributed by atoms with Crippen LogP contribution in [0, 0.1) is 0 Å². The summed E-state index contributed by atoms with van der Waals surface area (Å²) in [6.07, 6.45) is 5.09. The molecule has 1 aliphatic carbocycles. The summed E-state index contributed by atoms with van der Waals surface area (Å²) in [5.74, 6) is 0.625. The molecule has 0 spiro atoms. The summed E-state index contributed by atoms with van der Waals surface area (Å²) in [7, 11) is 1.41. The maximum absolute atomic E-state index is 12.5. The van der Waals surface area contributed by atoms with Gasteiger partial charge in [-0.3, -0.25) is 4.99 Å². The number of hydrogen-bond acceptors (Lipinski definition) is 3. The van der Waals surface area contributed by atoms with Crippen molar-refractivity contribution in [1.29, 1.82) is 0 Å². The van der Waals surface area contributed by atoms with Crippen LogP contribution in [0.5, 0.6) is 11.5 Å². The van der Waals surface area contributed by atoms with Crippen molar-refractivity contribution in [2.45, 2.75) is 38.7 Å². The molecule has 0 aromatic heterocycles. The van der Waals surface area contributed by atoms with E-state index in [1.54, 1.807) is 12.1 Å². The van der Waals surface area contributed by atoms with Crippen molar-refractivity contribution < 1.29 is 18.3 Å². The highest BCUT2D eigenvalue weighted by Gasteiger charge is 2.13. The zero-order valence-electron chi connectivity index (χ0n) is 16.3. The predicted molar refractivity (Wildman–Crippen MR) is 122 cm³/mol. The molecule has 0 saturated carbocycles. The second kappa shape index (κ2) is 11.2. The van der Waals surface area contributed by atoms with Gasteiger partial charge in [0.15, 0.2) is 17.5 Å². The van der Waals surface area contributed by atoms with E-state index in [4.69, 9.17) is 10.5 Å². The maximum Gasteiger partial charge on any atom is 0.387 e. The first-order valence-electron chi connectivity index (χ1n) is 9.36. The Bertz CT molecular complexity index is 847. The Kier molecular flexibility index (Phi) is 8.94. The number of hydrogen-bond donors (Lipinski definition) is 2. The summed E-state index contributed by atoms with van der Waals surface area (Å²) in [5, 5.41) is 3.20. The number of benzene rings is 2. The molecule has 3 rings (SSSR count). The lowest BCUT2D eigenvalue weighted by Gasteiger charge is -2.19. The number of aliphatic imine (C=N–C) groups is 1.